The number of carbonyl (C=O) groups excluding carboxylic acids is 2. The molecular weight excluding hydrogens is 406 g/mol. The van der Waals surface area contributed by atoms with Gasteiger partial charge in [0.25, 0.3) is 11.5 Å². The molecule has 158 valence electrons. The molecular formula is C25H19N3O4. The van der Waals surface area contributed by atoms with E-state index in [1.807, 2.05) is 60.7 Å². The van der Waals surface area contributed by atoms with Gasteiger partial charge in [0.1, 0.15) is 5.56 Å². The zero-order valence-corrected chi connectivity index (χ0v) is 17.2. The molecule has 1 aromatic heterocycles. The molecule has 0 radical (unpaired) electrons. The average Bonchev–Trinajstić information content (AvgIpc) is 2.84. The number of nitrogens with one attached hydrogen (secondary N) is 2. The Labute approximate surface area is 183 Å². The minimum atomic E-state index is -0.620. The number of rotatable bonds is 5. The van der Waals surface area contributed by atoms with Crippen LogP contribution in [0.3, 0.4) is 0 Å². The molecule has 0 aliphatic rings. The van der Waals surface area contributed by atoms with E-state index in [2.05, 4.69) is 15.5 Å². The Bertz CT molecular complexity index is 1330. The van der Waals surface area contributed by atoms with Crippen LogP contribution < -0.4 is 10.9 Å². The lowest BCUT2D eigenvalue weighted by Gasteiger charge is -2.14. The van der Waals surface area contributed by atoms with Crippen molar-refractivity contribution in [3.05, 3.63) is 106 Å². The van der Waals surface area contributed by atoms with E-state index >= 15 is 0 Å². The third-order valence-electron chi connectivity index (χ3n) is 4.86. The minimum Gasteiger partial charge on any atom is -0.465 e. The van der Waals surface area contributed by atoms with Crippen LogP contribution in [0.1, 0.15) is 20.7 Å². The molecule has 0 aliphatic carbocycles. The van der Waals surface area contributed by atoms with Crippen LogP contribution in [0.5, 0.6) is 0 Å². The predicted octanol–water partition coefficient (Wildman–Crippen LogP) is 4.14. The number of esters is 1. The summed E-state index contributed by atoms with van der Waals surface area (Å²) in [6, 6.07) is 24.7. The number of amides is 1. The largest absolute Gasteiger partial charge is 0.465 e. The standard InChI is InChI=1S/C25H19N3O4/c1-32-25(31)18-13-8-14-19(15-18)26-23(29)21-20(16-9-4-2-5-10-16)22(27-28-24(21)30)17-11-6-3-7-12-17/h2-15H,1H3,(H,26,29)(H,28,30). The number of nitrogens with zero attached hydrogens (tertiary/aromatic N) is 1. The summed E-state index contributed by atoms with van der Waals surface area (Å²) in [5, 5.41) is 9.40. The number of aromatic amines is 1. The molecule has 32 heavy (non-hydrogen) atoms. The molecule has 7 heteroatoms. The molecule has 4 aromatic rings. The predicted molar refractivity (Wildman–Crippen MR) is 121 cm³/mol. The van der Waals surface area contributed by atoms with Gasteiger partial charge in [-0.2, -0.15) is 5.10 Å². The van der Waals surface area contributed by atoms with E-state index in [-0.39, 0.29) is 11.1 Å². The van der Waals surface area contributed by atoms with Gasteiger partial charge >= 0.3 is 5.97 Å². The quantitative estimate of drug-likeness (QED) is 0.468. The highest BCUT2D eigenvalue weighted by molar-refractivity contribution is 6.10. The summed E-state index contributed by atoms with van der Waals surface area (Å²) < 4.78 is 4.73. The third-order valence-corrected chi connectivity index (χ3v) is 4.86. The summed E-state index contributed by atoms with van der Waals surface area (Å²) in [6.07, 6.45) is 0. The number of benzene rings is 3. The first kappa shape index (κ1) is 20.7. The third kappa shape index (κ3) is 4.17. The van der Waals surface area contributed by atoms with Crippen LogP contribution in [0.4, 0.5) is 5.69 Å². The van der Waals surface area contributed by atoms with E-state index in [9.17, 15) is 14.4 Å². The van der Waals surface area contributed by atoms with E-state index in [1.165, 1.54) is 13.2 Å². The summed E-state index contributed by atoms with van der Waals surface area (Å²) in [6.45, 7) is 0. The summed E-state index contributed by atoms with van der Waals surface area (Å²) in [4.78, 5) is 37.9. The van der Waals surface area contributed by atoms with Crippen molar-refractivity contribution in [2.75, 3.05) is 12.4 Å². The Morgan fingerprint density at radius 2 is 1.53 bits per heavy atom. The fourth-order valence-electron chi connectivity index (χ4n) is 3.39. The first-order chi connectivity index (χ1) is 15.6. The van der Waals surface area contributed by atoms with E-state index in [0.717, 1.165) is 5.56 Å². The van der Waals surface area contributed by atoms with Gasteiger partial charge in [0.2, 0.25) is 0 Å². The van der Waals surface area contributed by atoms with Crippen molar-refractivity contribution in [1.82, 2.24) is 10.2 Å². The van der Waals surface area contributed by atoms with Gasteiger partial charge < -0.3 is 10.1 Å². The SMILES string of the molecule is COC(=O)c1cccc(NC(=O)c2c(-c3ccccc3)c(-c3ccccc3)n[nH]c2=O)c1. The molecule has 0 unspecified atom stereocenters. The number of methoxy groups -OCH3 is 1. The molecule has 1 heterocycles. The molecule has 2 N–H and O–H groups in total. The molecule has 7 nitrogen and oxygen atoms in total. The molecule has 0 fully saturated rings. The van der Waals surface area contributed by atoms with Crippen molar-refractivity contribution in [3.63, 3.8) is 0 Å². The lowest BCUT2D eigenvalue weighted by Crippen LogP contribution is -2.26. The van der Waals surface area contributed by atoms with Gasteiger partial charge in [-0.3, -0.25) is 9.59 Å². The number of H-pyrrole nitrogens is 1. The first-order valence-corrected chi connectivity index (χ1v) is 9.81. The van der Waals surface area contributed by atoms with Crippen LogP contribution in [-0.4, -0.2) is 29.2 Å². The number of ether oxygens (including phenoxy) is 1. The van der Waals surface area contributed by atoms with E-state index in [1.54, 1.807) is 18.2 Å². The monoisotopic (exact) mass is 425 g/mol. The van der Waals surface area contributed by atoms with E-state index in [4.69, 9.17) is 4.74 Å². The van der Waals surface area contributed by atoms with Gasteiger partial charge in [-0.05, 0) is 23.8 Å². The van der Waals surface area contributed by atoms with Gasteiger partial charge in [-0.1, -0.05) is 66.7 Å². The van der Waals surface area contributed by atoms with Crippen molar-refractivity contribution < 1.29 is 14.3 Å². The molecule has 0 spiro atoms. The second-order valence-corrected chi connectivity index (χ2v) is 6.91. The Hall–Kier alpha value is -4.52. The van der Waals surface area contributed by atoms with Gasteiger partial charge in [0, 0.05) is 16.8 Å². The molecule has 3 aromatic carbocycles. The highest BCUT2D eigenvalue weighted by atomic mass is 16.5. The van der Waals surface area contributed by atoms with Crippen molar-refractivity contribution in [3.8, 4) is 22.4 Å². The summed E-state index contributed by atoms with van der Waals surface area (Å²) in [5.41, 5.74) is 2.27. The van der Waals surface area contributed by atoms with Gasteiger partial charge in [-0.25, -0.2) is 9.89 Å². The van der Waals surface area contributed by atoms with Crippen LogP contribution in [0, 0.1) is 0 Å². The van der Waals surface area contributed by atoms with Gasteiger partial charge in [-0.15, -0.1) is 0 Å². The number of hydrogen-bond donors (Lipinski definition) is 2. The highest BCUT2D eigenvalue weighted by Gasteiger charge is 2.23. The first-order valence-electron chi connectivity index (χ1n) is 9.81. The average molecular weight is 425 g/mol. The summed E-state index contributed by atoms with van der Waals surface area (Å²) >= 11 is 0. The number of carbonyl (C=O) groups is 2. The fraction of sp³-hybridized carbons (Fsp3) is 0.0400. The van der Waals surface area contributed by atoms with Crippen LogP contribution >= 0.6 is 0 Å². The van der Waals surface area contributed by atoms with Crippen molar-refractivity contribution in [2.45, 2.75) is 0 Å². The molecule has 0 bridgehead atoms. The topological polar surface area (TPSA) is 101 Å². The minimum absolute atomic E-state index is 0.0754. The number of aromatic nitrogens is 2. The second kappa shape index (κ2) is 9.09. The van der Waals surface area contributed by atoms with Gasteiger partial charge in [0.05, 0.1) is 18.4 Å². The van der Waals surface area contributed by atoms with Gasteiger partial charge in [0.15, 0.2) is 0 Å². The maximum absolute atomic E-state index is 13.3. The van der Waals surface area contributed by atoms with Crippen molar-refractivity contribution in [1.29, 1.82) is 0 Å². The fourth-order valence-corrected chi connectivity index (χ4v) is 3.39. The van der Waals surface area contributed by atoms with E-state index in [0.29, 0.717) is 22.5 Å². The maximum Gasteiger partial charge on any atom is 0.337 e. The van der Waals surface area contributed by atoms with E-state index < -0.39 is 17.4 Å². The number of anilines is 1. The van der Waals surface area contributed by atoms with Crippen LogP contribution in [0.25, 0.3) is 22.4 Å². The molecule has 0 aliphatic heterocycles. The zero-order valence-electron chi connectivity index (χ0n) is 17.2. The zero-order chi connectivity index (χ0) is 22.5. The van der Waals surface area contributed by atoms with Crippen molar-refractivity contribution >= 4 is 17.6 Å². The highest BCUT2D eigenvalue weighted by Crippen LogP contribution is 2.31. The Kier molecular flexibility index (Phi) is 5.89. The molecule has 1 amide bonds. The Morgan fingerprint density at radius 3 is 2.19 bits per heavy atom. The van der Waals surface area contributed by atoms with Crippen LogP contribution in [-0.2, 0) is 4.74 Å². The summed E-state index contributed by atoms with van der Waals surface area (Å²) in [5.74, 6) is -1.15. The smallest absolute Gasteiger partial charge is 0.337 e. The molecule has 0 saturated heterocycles. The maximum atomic E-state index is 13.3. The lowest BCUT2D eigenvalue weighted by atomic mass is 9.95. The van der Waals surface area contributed by atoms with Crippen LogP contribution in [0.2, 0.25) is 0 Å². The Morgan fingerprint density at radius 1 is 0.875 bits per heavy atom. The normalized spacial score (nSPS) is 10.4. The Balaban J connectivity index is 1.84. The second-order valence-electron chi connectivity index (χ2n) is 6.91. The number of hydrogen-bond acceptors (Lipinski definition) is 5. The van der Waals surface area contributed by atoms with Crippen LogP contribution in [0.15, 0.2) is 89.7 Å². The molecule has 0 atom stereocenters. The van der Waals surface area contributed by atoms with Crippen molar-refractivity contribution in [2.24, 2.45) is 0 Å². The molecule has 0 saturated carbocycles. The summed E-state index contributed by atoms with van der Waals surface area (Å²) in [7, 11) is 1.28. The lowest BCUT2D eigenvalue weighted by molar-refractivity contribution is 0.0600. The molecule has 4 rings (SSSR count).